The van der Waals surface area contributed by atoms with Crippen LogP contribution in [0.2, 0.25) is 0 Å². The van der Waals surface area contributed by atoms with Crippen molar-refractivity contribution in [3.05, 3.63) is 24.0 Å². The average Bonchev–Trinajstić information content (AvgIpc) is 2.93. The largest absolute Gasteiger partial charge is 0.494 e. The molecule has 1 saturated heterocycles. The van der Waals surface area contributed by atoms with Crippen LogP contribution in [-0.4, -0.2) is 29.9 Å². The molecule has 0 N–H and O–H groups in total. The molecule has 1 aromatic carbocycles. The molecule has 3 rings (SSSR count). The van der Waals surface area contributed by atoms with Crippen LogP contribution in [0.5, 0.6) is 5.75 Å². The number of rotatable bonds is 4. The van der Waals surface area contributed by atoms with Crippen LogP contribution in [0.15, 0.2) is 18.2 Å². The van der Waals surface area contributed by atoms with Crippen molar-refractivity contribution in [2.75, 3.05) is 20.3 Å². The quantitative estimate of drug-likeness (QED) is 0.807. The molecule has 2 aromatic rings. The number of aromatic nitrogens is 2. The van der Waals surface area contributed by atoms with Crippen molar-refractivity contribution in [3.8, 4) is 5.75 Å². The van der Waals surface area contributed by atoms with E-state index in [1.165, 1.54) is 0 Å². The Labute approximate surface area is 130 Å². The van der Waals surface area contributed by atoms with Gasteiger partial charge < -0.3 is 14.0 Å². The van der Waals surface area contributed by atoms with Crippen LogP contribution in [0.3, 0.4) is 0 Å². The van der Waals surface area contributed by atoms with Crippen LogP contribution in [-0.2, 0) is 10.6 Å². The molecule has 0 radical (unpaired) electrons. The normalized spacial score (nSPS) is 18.0. The van der Waals surface area contributed by atoms with E-state index in [9.17, 15) is 0 Å². The molecule has 114 valence electrons. The highest BCUT2D eigenvalue weighted by atomic mass is 35.5. The molecule has 1 atom stereocenters. The van der Waals surface area contributed by atoms with Gasteiger partial charge in [-0.1, -0.05) is 6.07 Å². The molecule has 0 amide bonds. The van der Waals surface area contributed by atoms with Crippen molar-refractivity contribution < 1.29 is 9.47 Å². The van der Waals surface area contributed by atoms with Gasteiger partial charge in [-0.2, -0.15) is 0 Å². The molecule has 1 unspecified atom stereocenters. The van der Waals surface area contributed by atoms with Crippen LogP contribution >= 0.6 is 11.6 Å². The maximum absolute atomic E-state index is 6.13. The van der Waals surface area contributed by atoms with Crippen LogP contribution in [0, 0.1) is 5.92 Å². The SMILES string of the molecule is COc1cccc2c1nc(CCl)n2C(C)C1CCOCC1. The zero-order valence-electron chi connectivity index (χ0n) is 12.5. The number of fused-ring (bicyclic) bond motifs is 1. The van der Waals surface area contributed by atoms with E-state index in [0.717, 1.165) is 48.7 Å². The second-order valence-corrected chi connectivity index (χ2v) is 5.82. The van der Waals surface area contributed by atoms with Gasteiger partial charge in [-0.25, -0.2) is 4.98 Å². The summed E-state index contributed by atoms with van der Waals surface area (Å²) in [6.45, 7) is 3.95. The molecule has 1 fully saturated rings. The fourth-order valence-electron chi connectivity index (χ4n) is 3.26. The summed E-state index contributed by atoms with van der Waals surface area (Å²) >= 11 is 6.13. The Morgan fingerprint density at radius 3 is 2.86 bits per heavy atom. The van der Waals surface area contributed by atoms with Crippen molar-refractivity contribution >= 4 is 22.6 Å². The monoisotopic (exact) mass is 308 g/mol. The zero-order valence-corrected chi connectivity index (χ0v) is 13.3. The molecular weight excluding hydrogens is 288 g/mol. The van der Waals surface area contributed by atoms with E-state index in [4.69, 9.17) is 26.1 Å². The summed E-state index contributed by atoms with van der Waals surface area (Å²) in [6, 6.07) is 6.40. The molecule has 4 nitrogen and oxygen atoms in total. The van der Waals surface area contributed by atoms with Crippen molar-refractivity contribution in [1.29, 1.82) is 0 Å². The fraction of sp³-hybridized carbons (Fsp3) is 0.562. The second kappa shape index (κ2) is 6.24. The number of benzene rings is 1. The topological polar surface area (TPSA) is 36.3 Å². The number of ether oxygens (including phenoxy) is 2. The number of hydrogen-bond acceptors (Lipinski definition) is 3. The number of alkyl halides is 1. The first-order valence-corrected chi connectivity index (χ1v) is 7.97. The smallest absolute Gasteiger partial charge is 0.146 e. The first-order valence-electron chi connectivity index (χ1n) is 7.43. The Morgan fingerprint density at radius 1 is 1.43 bits per heavy atom. The maximum Gasteiger partial charge on any atom is 0.146 e. The third-order valence-electron chi connectivity index (χ3n) is 4.45. The minimum atomic E-state index is 0.361. The number of hydrogen-bond donors (Lipinski definition) is 0. The zero-order chi connectivity index (χ0) is 14.8. The molecule has 21 heavy (non-hydrogen) atoms. The summed E-state index contributed by atoms with van der Waals surface area (Å²) in [6.07, 6.45) is 2.18. The first-order chi connectivity index (χ1) is 10.3. The van der Waals surface area contributed by atoms with Gasteiger partial charge in [-0.15, -0.1) is 11.6 Å². The molecule has 0 spiro atoms. The number of para-hydroxylation sites is 1. The highest BCUT2D eigenvalue weighted by Crippen LogP contribution is 2.34. The Morgan fingerprint density at radius 2 is 2.19 bits per heavy atom. The van der Waals surface area contributed by atoms with E-state index in [1.807, 2.05) is 12.1 Å². The van der Waals surface area contributed by atoms with Crippen molar-refractivity contribution in [2.45, 2.75) is 31.7 Å². The molecule has 0 saturated carbocycles. The lowest BCUT2D eigenvalue weighted by Crippen LogP contribution is -2.25. The summed E-state index contributed by atoms with van der Waals surface area (Å²) in [5.41, 5.74) is 2.00. The molecule has 0 aliphatic carbocycles. The van der Waals surface area contributed by atoms with Gasteiger partial charge >= 0.3 is 0 Å². The molecule has 1 aliphatic heterocycles. The molecule has 1 aromatic heterocycles. The van der Waals surface area contributed by atoms with Crippen LogP contribution in [0.4, 0.5) is 0 Å². The van der Waals surface area contributed by atoms with Gasteiger partial charge in [0.2, 0.25) is 0 Å². The van der Waals surface area contributed by atoms with Crippen LogP contribution < -0.4 is 4.74 Å². The molecule has 5 heteroatoms. The standard InChI is InChI=1S/C16H21ClN2O2/c1-11(12-6-8-21-9-7-12)19-13-4-3-5-14(20-2)16(13)18-15(19)10-17/h3-5,11-12H,6-10H2,1-2H3. The van der Waals surface area contributed by atoms with E-state index >= 15 is 0 Å². The summed E-state index contributed by atoms with van der Waals surface area (Å²) in [5, 5.41) is 0. The van der Waals surface area contributed by atoms with Gasteiger partial charge in [-0.05, 0) is 37.8 Å². The summed E-state index contributed by atoms with van der Waals surface area (Å²) in [5.74, 6) is 2.72. The van der Waals surface area contributed by atoms with E-state index in [2.05, 4.69) is 17.6 Å². The lowest BCUT2D eigenvalue weighted by Gasteiger charge is -2.30. The van der Waals surface area contributed by atoms with E-state index in [0.29, 0.717) is 17.8 Å². The Balaban J connectivity index is 2.07. The van der Waals surface area contributed by atoms with Gasteiger partial charge in [0.15, 0.2) is 0 Å². The lowest BCUT2D eigenvalue weighted by molar-refractivity contribution is 0.0516. The minimum Gasteiger partial charge on any atom is -0.494 e. The van der Waals surface area contributed by atoms with Gasteiger partial charge in [0.1, 0.15) is 17.1 Å². The van der Waals surface area contributed by atoms with E-state index in [1.54, 1.807) is 7.11 Å². The number of halogens is 1. The highest BCUT2D eigenvalue weighted by molar-refractivity contribution is 6.16. The Kier molecular flexibility index (Phi) is 4.36. The second-order valence-electron chi connectivity index (χ2n) is 5.55. The van der Waals surface area contributed by atoms with Crippen molar-refractivity contribution in [3.63, 3.8) is 0 Å². The summed E-state index contributed by atoms with van der Waals surface area (Å²) in [4.78, 5) is 4.69. The number of imidazole rings is 1. The predicted molar refractivity (Wildman–Crippen MR) is 84.1 cm³/mol. The molecular formula is C16H21ClN2O2. The van der Waals surface area contributed by atoms with Gasteiger partial charge in [0.25, 0.3) is 0 Å². The van der Waals surface area contributed by atoms with E-state index < -0.39 is 0 Å². The first kappa shape index (κ1) is 14.7. The Bertz CT molecular complexity index is 620. The number of methoxy groups -OCH3 is 1. The predicted octanol–water partition coefficient (Wildman–Crippen LogP) is 3.77. The third kappa shape index (κ3) is 2.62. The summed E-state index contributed by atoms with van der Waals surface area (Å²) < 4.78 is 13.2. The van der Waals surface area contributed by atoms with Crippen molar-refractivity contribution in [2.24, 2.45) is 5.92 Å². The minimum absolute atomic E-state index is 0.361. The van der Waals surface area contributed by atoms with Gasteiger partial charge in [0.05, 0.1) is 18.5 Å². The molecule has 1 aliphatic rings. The number of nitrogens with zero attached hydrogens (tertiary/aromatic N) is 2. The Hall–Kier alpha value is -1.26. The van der Waals surface area contributed by atoms with Crippen LogP contribution in [0.25, 0.3) is 11.0 Å². The molecule has 2 heterocycles. The van der Waals surface area contributed by atoms with Crippen LogP contribution in [0.1, 0.15) is 31.6 Å². The highest BCUT2D eigenvalue weighted by Gasteiger charge is 2.25. The molecule has 0 bridgehead atoms. The van der Waals surface area contributed by atoms with Gasteiger partial charge in [-0.3, -0.25) is 0 Å². The lowest BCUT2D eigenvalue weighted by atomic mass is 9.92. The fourth-order valence-corrected chi connectivity index (χ4v) is 3.45. The maximum atomic E-state index is 6.13. The van der Waals surface area contributed by atoms with Gasteiger partial charge in [0, 0.05) is 19.3 Å². The van der Waals surface area contributed by atoms with E-state index in [-0.39, 0.29) is 0 Å². The third-order valence-corrected chi connectivity index (χ3v) is 4.69. The average molecular weight is 309 g/mol. The summed E-state index contributed by atoms with van der Waals surface area (Å²) in [7, 11) is 1.68. The van der Waals surface area contributed by atoms with Crippen molar-refractivity contribution in [1.82, 2.24) is 9.55 Å².